The number of esters is 1. The summed E-state index contributed by atoms with van der Waals surface area (Å²) in [5, 5.41) is 0. The van der Waals surface area contributed by atoms with E-state index in [0.29, 0.717) is 43.1 Å². The third kappa shape index (κ3) is 5.23. The zero-order valence-corrected chi connectivity index (χ0v) is 19.9. The van der Waals surface area contributed by atoms with Crippen LogP contribution in [0.5, 0.6) is 0 Å². The molecule has 3 rings (SSSR count). The number of hydrogen-bond acceptors (Lipinski definition) is 6. The lowest BCUT2D eigenvalue weighted by Gasteiger charge is -2.31. The van der Waals surface area contributed by atoms with Gasteiger partial charge in [-0.2, -0.15) is 0 Å². The smallest absolute Gasteiger partial charge is 0.354 e. The molecule has 32 heavy (non-hydrogen) atoms. The van der Waals surface area contributed by atoms with Crippen LogP contribution >= 0.6 is 0 Å². The second kappa shape index (κ2) is 11.1. The molecule has 1 aromatic heterocycles. The summed E-state index contributed by atoms with van der Waals surface area (Å²) < 4.78 is 12.2. The van der Waals surface area contributed by atoms with Gasteiger partial charge in [0.15, 0.2) is 5.78 Å². The normalized spacial score (nSPS) is 17.5. The van der Waals surface area contributed by atoms with Crippen LogP contribution in [-0.2, 0) is 20.8 Å². The van der Waals surface area contributed by atoms with Gasteiger partial charge in [0, 0.05) is 49.9 Å². The summed E-state index contributed by atoms with van der Waals surface area (Å²) in [5.74, 6) is -0.466. The first-order valence-corrected chi connectivity index (χ1v) is 11.8. The van der Waals surface area contributed by atoms with Gasteiger partial charge in [0.2, 0.25) is 5.91 Å². The average Bonchev–Trinajstić information content (AvgIpc) is 3.42. The Balaban J connectivity index is 1.81. The molecule has 1 saturated carbocycles. The number of nitrogens with zero attached hydrogens (tertiary/aromatic N) is 3. The van der Waals surface area contributed by atoms with Crippen molar-refractivity contribution in [2.24, 2.45) is 5.92 Å². The van der Waals surface area contributed by atoms with Crippen LogP contribution < -0.4 is 0 Å². The van der Waals surface area contributed by atoms with E-state index >= 15 is 0 Å². The molecular formula is C24H37N3O5. The Kier molecular flexibility index (Phi) is 8.48. The van der Waals surface area contributed by atoms with Crippen molar-refractivity contribution >= 4 is 17.7 Å². The molecule has 2 heterocycles. The Morgan fingerprint density at radius 3 is 2.38 bits per heavy atom. The number of morpholine rings is 1. The summed E-state index contributed by atoms with van der Waals surface area (Å²) in [7, 11) is 1.35. The summed E-state index contributed by atoms with van der Waals surface area (Å²) in [6.07, 6.45) is 3.94. The maximum atomic E-state index is 13.5. The zero-order chi connectivity index (χ0) is 23.3. The van der Waals surface area contributed by atoms with E-state index in [0.717, 1.165) is 51.0 Å². The lowest BCUT2D eigenvalue weighted by Crippen LogP contribution is -2.46. The summed E-state index contributed by atoms with van der Waals surface area (Å²) in [6.45, 7) is 10.5. The van der Waals surface area contributed by atoms with Crippen molar-refractivity contribution in [1.82, 2.24) is 14.4 Å². The topological polar surface area (TPSA) is 81.1 Å². The first-order valence-electron chi connectivity index (χ1n) is 11.8. The van der Waals surface area contributed by atoms with Gasteiger partial charge in [0.25, 0.3) is 0 Å². The largest absolute Gasteiger partial charge is 0.464 e. The predicted octanol–water partition coefficient (Wildman–Crippen LogP) is 2.45. The molecule has 178 valence electrons. The number of rotatable bonds is 9. The van der Waals surface area contributed by atoms with E-state index < -0.39 is 5.97 Å². The fourth-order valence-electron chi connectivity index (χ4n) is 5.10. The molecule has 0 N–H and O–H groups in total. The predicted molar refractivity (Wildman–Crippen MR) is 121 cm³/mol. The first-order chi connectivity index (χ1) is 15.4. The van der Waals surface area contributed by atoms with Gasteiger partial charge in [-0.15, -0.1) is 0 Å². The Morgan fingerprint density at radius 2 is 1.78 bits per heavy atom. The molecule has 0 unspecified atom stereocenters. The van der Waals surface area contributed by atoms with Crippen LogP contribution in [0, 0.1) is 19.8 Å². The highest BCUT2D eigenvalue weighted by molar-refractivity contribution is 6.04. The molecule has 0 spiro atoms. The highest BCUT2D eigenvalue weighted by Gasteiger charge is 2.31. The van der Waals surface area contributed by atoms with Gasteiger partial charge in [-0.05, 0) is 39.2 Å². The minimum Gasteiger partial charge on any atom is -0.464 e. The number of ether oxygens (including phenoxy) is 2. The molecule has 1 aliphatic carbocycles. The molecule has 0 atom stereocenters. The fraction of sp³-hybridized carbons (Fsp3) is 0.708. The first kappa shape index (κ1) is 24.5. The van der Waals surface area contributed by atoms with E-state index in [1.54, 1.807) is 11.8 Å². The van der Waals surface area contributed by atoms with E-state index in [9.17, 15) is 14.4 Å². The standard InChI is InChI=1S/C24H37N3O5/c1-5-27-18(3)21(17(2)22(27)24(30)31-4)20(28)16-26(23(29)19-8-6-7-9-19)11-10-25-12-14-32-15-13-25/h19H,5-16H2,1-4H3. The zero-order valence-electron chi connectivity index (χ0n) is 19.9. The van der Waals surface area contributed by atoms with Crippen LogP contribution in [0.1, 0.15) is 64.7 Å². The Bertz CT molecular complexity index is 835. The highest BCUT2D eigenvalue weighted by atomic mass is 16.5. The van der Waals surface area contributed by atoms with Crippen molar-refractivity contribution in [3.63, 3.8) is 0 Å². The van der Waals surface area contributed by atoms with Crippen LogP contribution in [0.25, 0.3) is 0 Å². The van der Waals surface area contributed by atoms with Gasteiger partial charge in [-0.1, -0.05) is 12.8 Å². The van der Waals surface area contributed by atoms with Crippen molar-refractivity contribution in [3.05, 3.63) is 22.5 Å². The molecule has 8 nitrogen and oxygen atoms in total. The minimum absolute atomic E-state index is 0.0144. The molecule has 1 amide bonds. The average molecular weight is 448 g/mol. The van der Waals surface area contributed by atoms with Gasteiger partial charge in [0.1, 0.15) is 5.69 Å². The summed E-state index contributed by atoms with van der Waals surface area (Å²) >= 11 is 0. The maximum Gasteiger partial charge on any atom is 0.354 e. The molecule has 8 heteroatoms. The summed E-state index contributed by atoms with van der Waals surface area (Å²) in [5.41, 5.74) is 2.32. The third-order valence-electron chi connectivity index (χ3n) is 6.88. The van der Waals surface area contributed by atoms with Crippen LogP contribution in [-0.4, -0.2) is 85.1 Å². The van der Waals surface area contributed by atoms with Gasteiger partial charge in [-0.25, -0.2) is 4.79 Å². The van der Waals surface area contributed by atoms with Crippen molar-refractivity contribution in [3.8, 4) is 0 Å². The maximum absolute atomic E-state index is 13.5. The van der Waals surface area contributed by atoms with Crippen molar-refractivity contribution in [2.45, 2.75) is 53.0 Å². The highest BCUT2D eigenvalue weighted by Crippen LogP contribution is 2.28. The molecule has 2 fully saturated rings. The molecular weight excluding hydrogens is 410 g/mol. The van der Waals surface area contributed by atoms with Crippen LogP contribution in [0.3, 0.4) is 0 Å². The van der Waals surface area contributed by atoms with Gasteiger partial charge in [-0.3, -0.25) is 14.5 Å². The molecule has 1 aliphatic heterocycles. The number of aromatic nitrogens is 1. The van der Waals surface area contributed by atoms with Crippen LogP contribution in [0.4, 0.5) is 0 Å². The third-order valence-corrected chi connectivity index (χ3v) is 6.88. The molecule has 0 radical (unpaired) electrons. The van der Waals surface area contributed by atoms with Gasteiger partial charge >= 0.3 is 5.97 Å². The van der Waals surface area contributed by atoms with E-state index in [-0.39, 0.29) is 24.2 Å². The number of Topliss-reactive ketones (excluding diaryl/α,β-unsaturated/α-hetero) is 1. The summed E-state index contributed by atoms with van der Waals surface area (Å²) in [6, 6.07) is 0. The Morgan fingerprint density at radius 1 is 1.12 bits per heavy atom. The molecule has 1 aromatic rings. The number of hydrogen-bond donors (Lipinski definition) is 0. The molecule has 0 bridgehead atoms. The number of ketones is 1. The van der Waals surface area contributed by atoms with E-state index in [1.807, 2.05) is 18.4 Å². The van der Waals surface area contributed by atoms with Gasteiger partial charge in [0.05, 0.1) is 26.9 Å². The van der Waals surface area contributed by atoms with E-state index in [4.69, 9.17) is 9.47 Å². The quantitative estimate of drug-likeness (QED) is 0.427. The minimum atomic E-state index is -0.447. The molecule has 0 aromatic carbocycles. The number of amides is 1. The second-order valence-electron chi connectivity index (χ2n) is 8.79. The van der Waals surface area contributed by atoms with Crippen molar-refractivity contribution in [2.75, 3.05) is 53.0 Å². The SMILES string of the molecule is CCn1c(C)c(C(=O)CN(CCN2CCOCC2)C(=O)C2CCCC2)c(C)c1C(=O)OC. The van der Waals surface area contributed by atoms with Crippen molar-refractivity contribution in [1.29, 1.82) is 0 Å². The number of carbonyl (C=O) groups excluding carboxylic acids is 3. The van der Waals surface area contributed by atoms with E-state index in [1.165, 1.54) is 7.11 Å². The van der Waals surface area contributed by atoms with E-state index in [2.05, 4.69) is 4.90 Å². The van der Waals surface area contributed by atoms with Crippen LogP contribution in [0.15, 0.2) is 0 Å². The lowest BCUT2D eigenvalue weighted by atomic mass is 10.0. The van der Waals surface area contributed by atoms with Gasteiger partial charge < -0.3 is 18.9 Å². The Labute approximate surface area is 190 Å². The van der Waals surface area contributed by atoms with Crippen molar-refractivity contribution < 1.29 is 23.9 Å². The Hall–Kier alpha value is -2.19. The summed E-state index contributed by atoms with van der Waals surface area (Å²) in [4.78, 5) is 43.1. The monoisotopic (exact) mass is 447 g/mol. The number of methoxy groups -OCH3 is 1. The molecule has 1 saturated heterocycles. The second-order valence-corrected chi connectivity index (χ2v) is 8.79. The fourth-order valence-corrected chi connectivity index (χ4v) is 5.10. The number of carbonyl (C=O) groups is 3. The molecule has 2 aliphatic rings. The van der Waals surface area contributed by atoms with Crippen LogP contribution in [0.2, 0.25) is 0 Å². The lowest BCUT2D eigenvalue weighted by molar-refractivity contribution is -0.135.